The molecule has 48 heavy (non-hydrogen) atoms. The van der Waals surface area contributed by atoms with Gasteiger partial charge in [0, 0.05) is 41.8 Å². The minimum Gasteiger partial charge on any atom is -0.492 e. The van der Waals surface area contributed by atoms with E-state index in [2.05, 4.69) is 19.2 Å². The van der Waals surface area contributed by atoms with Crippen LogP contribution in [0.4, 0.5) is 5.69 Å². The van der Waals surface area contributed by atoms with Crippen LogP contribution in [-0.2, 0) is 0 Å². The van der Waals surface area contributed by atoms with Gasteiger partial charge in [-0.2, -0.15) is 0 Å². The van der Waals surface area contributed by atoms with Gasteiger partial charge in [-0.05, 0) is 62.3 Å². The molecule has 2 aliphatic rings. The Hall–Kier alpha value is -3.63. The van der Waals surface area contributed by atoms with Crippen molar-refractivity contribution in [3.8, 4) is 28.7 Å². The fourth-order valence-electron chi connectivity index (χ4n) is 5.75. The molecule has 0 saturated carbocycles. The Morgan fingerprint density at radius 2 is 1.38 bits per heavy atom. The van der Waals surface area contributed by atoms with Gasteiger partial charge in [0.15, 0.2) is 23.0 Å². The van der Waals surface area contributed by atoms with Crippen LogP contribution in [0.5, 0.6) is 28.7 Å². The molecule has 266 valence electrons. The maximum atomic E-state index is 14.3. The van der Waals surface area contributed by atoms with E-state index in [1.165, 1.54) is 0 Å². The fourth-order valence-corrected chi connectivity index (χ4v) is 5.75. The summed E-state index contributed by atoms with van der Waals surface area (Å²) in [4.78, 5) is 16.1. The van der Waals surface area contributed by atoms with Crippen molar-refractivity contribution < 1.29 is 38.7 Å². The summed E-state index contributed by atoms with van der Waals surface area (Å²) in [6, 6.07) is 3.43. The molecule has 1 amide bonds. The summed E-state index contributed by atoms with van der Waals surface area (Å²) in [5.74, 6) is 2.45. The first-order valence-electron chi connectivity index (χ1n) is 16.6. The smallest absolute Gasteiger partial charge is 0.260 e. The molecule has 1 unspecified atom stereocenters. The van der Waals surface area contributed by atoms with Crippen LogP contribution < -0.4 is 29.0 Å². The van der Waals surface area contributed by atoms with Crippen molar-refractivity contribution in [2.45, 2.75) is 87.3 Å². The largest absolute Gasteiger partial charge is 0.492 e. The van der Waals surface area contributed by atoms with Gasteiger partial charge in [0.05, 0.1) is 57.4 Å². The standard InChI is InChI=1S/C38H56N2O8/c1-22-23(2)31(44-11)33(46-13)32(45-12)30(22)24-14-25-17-39-27-16-29(47-20-36(5,6)35(3,4)19-41)28(15-26(27)34(42)40(25)18-24)48-21-37(7,8)38(9,10)43/h15-16,18,25,39,41,43H,14,17,19-21H2,1-13H3. The highest BCUT2D eigenvalue weighted by molar-refractivity contribution is 6.03. The monoisotopic (exact) mass is 668 g/mol. The van der Waals surface area contributed by atoms with Crippen molar-refractivity contribution in [2.24, 2.45) is 16.2 Å². The molecule has 10 nitrogen and oxygen atoms in total. The second-order valence-corrected chi connectivity index (χ2v) is 15.6. The topological polar surface area (TPSA) is 119 Å². The molecule has 0 fully saturated rings. The number of ether oxygens (including phenoxy) is 5. The average molecular weight is 669 g/mol. The van der Waals surface area contributed by atoms with Gasteiger partial charge in [-0.3, -0.25) is 4.79 Å². The molecule has 2 heterocycles. The Balaban J connectivity index is 1.77. The summed E-state index contributed by atoms with van der Waals surface area (Å²) in [5, 5.41) is 24.4. The molecule has 10 heteroatoms. The maximum Gasteiger partial charge on any atom is 0.260 e. The molecule has 0 spiro atoms. The lowest BCUT2D eigenvalue weighted by molar-refractivity contribution is -0.0577. The number of nitrogens with zero attached hydrogens (tertiary/aromatic N) is 1. The Kier molecular flexibility index (Phi) is 10.3. The van der Waals surface area contributed by atoms with Crippen molar-refractivity contribution >= 4 is 17.2 Å². The third kappa shape index (κ3) is 6.66. The van der Waals surface area contributed by atoms with Crippen molar-refractivity contribution in [3.05, 3.63) is 40.6 Å². The van der Waals surface area contributed by atoms with Crippen molar-refractivity contribution in [2.75, 3.05) is 53.0 Å². The van der Waals surface area contributed by atoms with Gasteiger partial charge in [0.2, 0.25) is 5.75 Å². The Labute approximate surface area is 286 Å². The Morgan fingerprint density at radius 1 is 0.812 bits per heavy atom. The van der Waals surface area contributed by atoms with E-state index in [1.807, 2.05) is 53.8 Å². The van der Waals surface area contributed by atoms with Gasteiger partial charge >= 0.3 is 0 Å². The van der Waals surface area contributed by atoms with Gasteiger partial charge < -0.3 is 44.1 Å². The Bertz CT molecular complexity index is 1570. The second-order valence-electron chi connectivity index (χ2n) is 15.6. The van der Waals surface area contributed by atoms with Gasteiger partial charge in [0.1, 0.15) is 0 Å². The highest BCUT2D eigenvalue weighted by atomic mass is 16.5. The summed E-state index contributed by atoms with van der Waals surface area (Å²) in [5.41, 5.74) is 2.50. The van der Waals surface area contributed by atoms with Crippen molar-refractivity contribution in [1.29, 1.82) is 0 Å². The molecule has 2 aromatic carbocycles. The van der Waals surface area contributed by atoms with E-state index < -0.39 is 16.4 Å². The lowest BCUT2D eigenvalue weighted by Crippen LogP contribution is -2.43. The number of nitrogens with one attached hydrogen (secondary N) is 1. The normalized spacial score (nSPS) is 16.8. The van der Waals surface area contributed by atoms with Crippen LogP contribution in [0.2, 0.25) is 0 Å². The van der Waals surface area contributed by atoms with Gasteiger partial charge in [-0.1, -0.05) is 41.5 Å². The maximum absolute atomic E-state index is 14.3. The zero-order chi connectivity index (χ0) is 36.0. The van der Waals surface area contributed by atoms with Crippen molar-refractivity contribution in [1.82, 2.24) is 4.90 Å². The van der Waals surface area contributed by atoms with Gasteiger partial charge in [-0.15, -0.1) is 0 Å². The lowest BCUT2D eigenvalue weighted by atomic mass is 9.69. The van der Waals surface area contributed by atoms with Crippen LogP contribution in [-0.4, -0.2) is 80.4 Å². The molecule has 2 aromatic rings. The van der Waals surface area contributed by atoms with Crippen LogP contribution in [0.15, 0.2) is 18.3 Å². The number of rotatable bonds is 13. The number of hydrogen-bond donors (Lipinski definition) is 3. The zero-order valence-electron chi connectivity index (χ0n) is 31.1. The first-order chi connectivity index (χ1) is 22.2. The number of carbonyl (C=O) groups excluding carboxylic acids is 1. The van der Waals surface area contributed by atoms with Crippen LogP contribution in [0.3, 0.4) is 0 Å². The van der Waals surface area contributed by atoms with E-state index in [1.54, 1.807) is 46.1 Å². The molecule has 0 aromatic heterocycles. The highest BCUT2D eigenvalue weighted by Crippen LogP contribution is 2.50. The zero-order valence-corrected chi connectivity index (χ0v) is 31.1. The van der Waals surface area contributed by atoms with Crippen LogP contribution >= 0.6 is 0 Å². The molecule has 0 radical (unpaired) electrons. The number of methoxy groups -OCH3 is 3. The third-order valence-corrected chi connectivity index (χ3v) is 11.1. The van der Waals surface area contributed by atoms with Crippen molar-refractivity contribution in [3.63, 3.8) is 0 Å². The molecule has 0 aliphatic carbocycles. The molecule has 3 N–H and O–H groups in total. The summed E-state index contributed by atoms with van der Waals surface area (Å²) in [6.45, 7) is 20.5. The van der Waals surface area contributed by atoms with Crippen LogP contribution in [0.1, 0.15) is 88.9 Å². The first-order valence-corrected chi connectivity index (χ1v) is 16.6. The summed E-state index contributed by atoms with van der Waals surface area (Å²) in [7, 11) is 4.81. The quantitative estimate of drug-likeness (QED) is 0.217. The predicted octanol–water partition coefficient (Wildman–Crippen LogP) is 6.61. The molecule has 0 bridgehead atoms. The number of amides is 1. The summed E-state index contributed by atoms with van der Waals surface area (Å²) in [6.07, 6.45) is 2.53. The lowest BCUT2D eigenvalue weighted by Gasteiger charge is -2.40. The minimum atomic E-state index is -1.02. The van der Waals surface area contributed by atoms with Gasteiger partial charge in [-0.25, -0.2) is 0 Å². The number of aliphatic hydroxyl groups excluding tert-OH is 1. The number of anilines is 1. The molecule has 4 rings (SSSR count). The molecule has 0 saturated heterocycles. The number of benzene rings is 2. The average Bonchev–Trinajstić information content (AvgIpc) is 3.40. The molecular weight excluding hydrogens is 612 g/mol. The Morgan fingerprint density at radius 3 is 1.92 bits per heavy atom. The predicted molar refractivity (Wildman–Crippen MR) is 189 cm³/mol. The minimum absolute atomic E-state index is 0.00768. The van der Waals surface area contributed by atoms with E-state index in [0.29, 0.717) is 59.6 Å². The van der Waals surface area contributed by atoms with E-state index in [-0.39, 0.29) is 30.6 Å². The summed E-state index contributed by atoms with van der Waals surface area (Å²) < 4.78 is 30.1. The highest BCUT2D eigenvalue weighted by Gasteiger charge is 2.40. The van der Waals surface area contributed by atoms with E-state index in [4.69, 9.17) is 23.7 Å². The van der Waals surface area contributed by atoms with E-state index in [9.17, 15) is 15.0 Å². The number of aliphatic hydroxyl groups is 2. The molecule has 2 aliphatic heterocycles. The van der Waals surface area contributed by atoms with Gasteiger partial charge in [0.25, 0.3) is 5.91 Å². The third-order valence-electron chi connectivity index (χ3n) is 11.1. The van der Waals surface area contributed by atoms with E-state index in [0.717, 1.165) is 22.3 Å². The van der Waals surface area contributed by atoms with Crippen LogP contribution in [0.25, 0.3) is 5.57 Å². The fraction of sp³-hybridized carbons (Fsp3) is 0.605. The second kappa shape index (κ2) is 13.3. The number of carbonyl (C=O) groups is 1. The number of fused-ring (bicyclic) bond motifs is 2. The SMILES string of the molecule is COc1c(C)c(C)c(C2=CN3C(=O)c4cc(OCC(C)(C)C(C)(C)O)c(OCC(C)(C)C(C)(C)CO)cc4NCC3C2)c(OC)c1OC. The first kappa shape index (κ1) is 37.2. The number of hydrogen-bond acceptors (Lipinski definition) is 9. The molecule has 1 atom stereocenters. The van der Waals surface area contributed by atoms with Crippen LogP contribution in [0, 0.1) is 30.1 Å². The summed E-state index contributed by atoms with van der Waals surface area (Å²) >= 11 is 0. The van der Waals surface area contributed by atoms with E-state index >= 15 is 0 Å². The molecular formula is C38H56N2O8.